The van der Waals surface area contributed by atoms with Crippen LogP contribution in [-0.4, -0.2) is 58.5 Å². The van der Waals surface area contributed by atoms with E-state index in [9.17, 15) is 14.7 Å². The number of nitrogens with zero attached hydrogens (tertiary/aromatic N) is 2. The van der Waals surface area contributed by atoms with Crippen LogP contribution < -0.4 is 0 Å². The van der Waals surface area contributed by atoms with E-state index in [2.05, 4.69) is 4.90 Å². The summed E-state index contributed by atoms with van der Waals surface area (Å²) in [6.45, 7) is 4.77. The number of aliphatic carboxylic acids is 1. The molecule has 2 atom stereocenters. The number of carboxylic acids is 1. The molecule has 5 heteroatoms. The van der Waals surface area contributed by atoms with Crippen LogP contribution in [0.25, 0.3) is 0 Å². The lowest BCUT2D eigenvalue weighted by molar-refractivity contribution is -0.156. The van der Waals surface area contributed by atoms with Crippen LogP contribution in [0.5, 0.6) is 0 Å². The van der Waals surface area contributed by atoms with E-state index in [-0.39, 0.29) is 11.9 Å². The van der Waals surface area contributed by atoms with Gasteiger partial charge >= 0.3 is 5.97 Å². The van der Waals surface area contributed by atoms with Crippen LogP contribution in [0.15, 0.2) is 0 Å². The number of piperazine rings is 1. The smallest absolute Gasteiger partial charge is 0.319 e. The minimum atomic E-state index is -1.07. The molecule has 2 heterocycles. The highest BCUT2D eigenvalue weighted by molar-refractivity contribution is 6.05. The highest BCUT2D eigenvalue weighted by atomic mass is 16.4. The standard InChI is InChI=1S/C13H20N2O3/c1-9-7-14-6-2-3-10(14)8-15(9)11(16)13(4-5-13)12(17)18/h9-10H,2-8H2,1H3,(H,17,18). The maximum Gasteiger partial charge on any atom is 0.319 e. The van der Waals surface area contributed by atoms with Gasteiger partial charge in [0.2, 0.25) is 5.91 Å². The molecule has 3 aliphatic rings. The summed E-state index contributed by atoms with van der Waals surface area (Å²) in [6, 6.07) is 0.596. The van der Waals surface area contributed by atoms with Crippen molar-refractivity contribution < 1.29 is 14.7 Å². The van der Waals surface area contributed by atoms with Gasteiger partial charge < -0.3 is 10.0 Å². The summed E-state index contributed by atoms with van der Waals surface area (Å²) in [7, 11) is 0. The fourth-order valence-electron chi connectivity index (χ4n) is 3.39. The first-order chi connectivity index (χ1) is 8.54. The van der Waals surface area contributed by atoms with Crippen molar-refractivity contribution >= 4 is 11.9 Å². The lowest BCUT2D eigenvalue weighted by Crippen LogP contribution is -2.58. The predicted molar refractivity (Wildman–Crippen MR) is 65.1 cm³/mol. The quantitative estimate of drug-likeness (QED) is 0.729. The Balaban J connectivity index is 1.76. The number of carboxylic acid groups (broad SMARTS) is 1. The molecule has 1 N–H and O–H groups in total. The molecular formula is C13H20N2O3. The van der Waals surface area contributed by atoms with Crippen LogP contribution in [0.3, 0.4) is 0 Å². The van der Waals surface area contributed by atoms with Gasteiger partial charge in [-0.25, -0.2) is 0 Å². The monoisotopic (exact) mass is 252 g/mol. The van der Waals surface area contributed by atoms with Crippen molar-refractivity contribution in [3.8, 4) is 0 Å². The van der Waals surface area contributed by atoms with E-state index in [4.69, 9.17) is 0 Å². The average Bonchev–Trinajstić information content (AvgIpc) is 3.02. The Kier molecular flexibility index (Phi) is 2.62. The third kappa shape index (κ3) is 1.64. The van der Waals surface area contributed by atoms with E-state index < -0.39 is 11.4 Å². The first-order valence-corrected chi connectivity index (χ1v) is 6.83. The van der Waals surface area contributed by atoms with Gasteiger partial charge in [-0.3, -0.25) is 14.5 Å². The van der Waals surface area contributed by atoms with E-state index in [1.165, 1.54) is 6.42 Å². The lowest BCUT2D eigenvalue weighted by atomic mass is 10.0. The second kappa shape index (κ2) is 3.95. The number of carbonyl (C=O) groups is 2. The number of hydrogen-bond acceptors (Lipinski definition) is 3. The number of fused-ring (bicyclic) bond motifs is 1. The minimum absolute atomic E-state index is 0.142. The molecule has 1 saturated carbocycles. The Bertz CT molecular complexity index is 392. The third-order valence-electron chi connectivity index (χ3n) is 4.77. The van der Waals surface area contributed by atoms with Gasteiger partial charge in [-0.2, -0.15) is 0 Å². The van der Waals surface area contributed by atoms with Gasteiger partial charge in [0.1, 0.15) is 5.41 Å². The Morgan fingerprint density at radius 2 is 2.00 bits per heavy atom. The summed E-state index contributed by atoms with van der Waals surface area (Å²) in [5.41, 5.74) is -1.07. The molecule has 2 aliphatic heterocycles. The number of rotatable bonds is 2. The summed E-state index contributed by atoms with van der Waals surface area (Å²) in [5, 5.41) is 9.22. The van der Waals surface area contributed by atoms with Gasteiger partial charge in [0.25, 0.3) is 0 Å². The Morgan fingerprint density at radius 1 is 1.28 bits per heavy atom. The highest BCUT2D eigenvalue weighted by Gasteiger charge is 2.59. The molecule has 0 radical (unpaired) electrons. The van der Waals surface area contributed by atoms with Crippen molar-refractivity contribution in [3.05, 3.63) is 0 Å². The molecule has 5 nitrogen and oxygen atoms in total. The normalized spacial score (nSPS) is 34.2. The molecule has 0 spiro atoms. The lowest BCUT2D eigenvalue weighted by Gasteiger charge is -2.43. The first-order valence-electron chi connectivity index (χ1n) is 6.83. The van der Waals surface area contributed by atoms with Gasteiger partial charge in [0, 0.05) is 25.2 Å². The van der Waals surface area contributed by atoms with Crippen LogP contribution in [0.1, 0.15) is 32.6 Å². The van der Waals surface area contributed by atoms with Crippen LogP contribution >= 0.6 is 0 Å². The molecule has 1 aliphatic carbocycles. The molecule has 0 bridgehead atoms. The second-order valence-electron chi connectivity index (χ2n) is 5.98. The zero-order chi connectivity index (χ0) is 12.9. The molecule has 0 aromatic rings. The van der Waals surface area contributed by atoms with Crippen molar-refractivity contribution in [1.29, 1.82) is 0 Å². The van der Waals surface area contributed by atoms with Crippen LogP contribution in [-0.2, 0) is 9.59 Å². The SMILES string of the molecule is CC1CN2CCCC2CN1C(=O)C1(C(=O)O)CC1. The fourth-order valence-corrected chi connectivity index (χ4v) is 3.39. The van der Waals surface area contributed by atoms with E-state index in [1.807, 2.05) is 11.8 Å². The maximum atomic E-state index is 12.4. The predicted octanol–water partition coefficient (Wildman–Crippen LogP) is 0.546. The Labute approximate surface area is 107 Å². The molecule has 18 heavy (non-hydrogen) atoms. The Morgan fingerprint density at radius 3 is 2.61 bits per heavy atom. The average molecular weight is 252 g/mol. The van der Waals surface area contributed by atoms with Crippen LogP contribution in [0.2, 0.25) is 0 Å². The number of amides is 1. The zero-order valence-electron chi connectivity index (χ0n) is 10.8. The highest BCUT2D eigenvalue weighted by Crippen LogP contribution is 2.48. The van der Waals surface area contributed by atoms with Crippen molar-refractivity contribution in [1.82, 2.24) is 9.80 Å². The van der Waals surface area contributed by atoms with Crippen LogP contribution in [0, 0.1) is 5.41 Å². The largest absolute Gasteiger partial charge is 0.480 e. The van der Waals surface area contributed by atoms with Crippen molar-refractivity contribution in [2.45, 2.75) is 44.7 Å². The van der Waals surface area contributed by atoms with Gasteiger partial charge in [0.15, 0.2) is 0 Å². The molecule has 0 aromatic heterocycles. The van der Waals surface area contributed by atoms with Gasteiger partial charge in [-0.15, -0.1) is 0 Å². The van der Waals surface area contributed by atoms with Gasteiger partial charge in [-0.05, 0) is 39.2 Å². The topological polar surface area (TPSA) is 60.9 Å². The molecule has 100 valence electrons. The summed E-state index contributed by atoms with van der Waals surface area (Å²) in [5.74, 6) is -1.08. The van der Waals surface area contributed by atoms with Crippen molar-refractivity contribution in [2.24, 2.45) is 5.41 Å². The van der Waals surface area contributed by atoms with Gasteiger partial charge in [-0.1, -0.05) is 0 Å². The maximum absolute atomic E-state index is 12.4. The van der Waals surface area contributed by atoms with Crippen LogP contribution in [0.4, 0.5) is 0 Å². The summed E-state index contributed by atoms with van der Waals surface area (Å²) in [6.07, 6.45) is 3.36. The Hall–Kier alpha value is -1.10. The van der Waals surface area contributed by atoms with E-state index in [0.717, 1.165) is 26.1 Å². The molecule has 3 rings (SSSR count). The van der Waals surface area contributed by atoms with E-state index in [1.54, 1.807) is 0 Å². The molecule has 1 amide bonds. The fraction of sp³-hybridized carbons (Fsp3) is 0.846. The molecular weight excluding hydrogens is 232 g/mol. The summed E-state index contributed by atoms with van der Waals surface area (Å²) in [4.78, 5) is 28.0. The van der Waals surface area contributed by atoms with Gasteiger partial charge in [0.05, 0.1) is 0 Å². The van der Waals surface area contributed by atoms with E-state index in [0.29, 0.717) is 18.9 Å². The van der Waals surface area contributed by atoms with Crippen molar-refractivity contribution in [3.63, 3.8) is 0 Å². The first kappa shape index (κ1) is 12.0. The number of hydrogen-bond donors (Lipinski definition) is 1. The number of carbonyl (C=O) groups excluding carboxylic acids is 1. The minimum Gasteiger partial charge on any atom is -0.480 e. The molecule has 0 aromatic carbocycles. The van der Waals surface area contributed by atoms with E-state index >= 15 is 0 Å². The molecule has 2 saturated heterocycles. The molecule has 3 fully saturated rings. The molecule has 2 unspecified atom stereocenters. The summed E-state index contributed by atoms with van der Waals surface area (Å²) < 4.78 is 0. The summed E-state index contributed by atoms with van der Waals surface area (Å²) >= 11 is 0. The second-order valence-corrected chi connectivity index (χ2v) is 5.98. The third-order valence-corrected chi connectivity index (χ3v) is 4.77. The van der Waals surface area contributed by atoms with Crippen molar-refractivity contribution in [2.75, 3.05) is 19.6 Å². The zero-order valence-corrected chi connectivity index (χ0v) is 10.8.